The smallest absolute Gasteiger partial charge is 0.447 e. The van der Waals surface area contributed by atoms with Crippen molar-refractivity contribution in [2.75, 3.05) is 33.9 Å². The van der Waals surface area contributed by atoms with E-state index in [0.29, 0.717) is 19.8 Å². The Bertz CT molecular complexity index is 116. The van der Waals surface area contributed by atoms with Crippen molar-refractivity contribution < 1.29 is 31.5 Å². The first-order chi connectivity index (χ1) is 6.13. The molecule has 0 saturated carbocycles. The summed E-state index contributed by atoms with van der Waals surface area (Å²) in [4.78, 5) is 0.984. The molecule has 5 heteroatoms. The van der Waals surface area contributed by atoms with E-state index in [9.17, 15) is 0 Å². The van der Waals surface area contributed by atoms with Gasteiger partial charge < -0.3 is 12.4 Å². The van der Waals surface area contributed by atoms with Gasteiger partial charge in [0, 0.05) is 0 Å². The standard InChI is InChI=1S/C9H21NO3.ClH/c1-6-11-9(10(4)5,12-7-2)13-8-3;/h6-8H2,1-5H3;1H. The number of quaternary nitrogens is 1. The predicted octanol–water partition coefficient (Wildman–Crippen LogP) is -3.14. The molecular weight excluding hydrogens is 206 g/mol. The van der Waals surface area contributed by atoms with Crippen LogP contribution in [0.3, 0.4) is 0 Å². The summed E-state index contributed by atoms with van der Waals surface area (Å²) < 4.78 is 16.5. The first-order valence-corrected chi connectivity index (χ1v) is 4.85. The van der Waals surface area contributed by atoms with E-state index in [-0.39, 0.29) is 12.4 Å². The van der Waals surface area contributed by atoms with Crippen molar-refractivity contribution in [3.8, 4) is 0 Å². The van der Waals surface area contributed by atoms with E-state index < -0.39 is 6.10 Å². The van der Waals surface area contributed by atoms with E-state index in [1.54, 1.807) is 0 Å². The molecule has 0 heterocycles. The molecule has 0 fully saturated rings. The first kappa shape index (κ1) is 16.6. The Labute approximate surface area is 92.9 Å². The summed E-state index contributed by atoms with van der Waals surface area (Å²) in [6.45, 7) is 7.50. The van der Waals surface area contributed by atoms with Crippen LogP contribution in [0.15, 0.2) is 0 Å². The molecule has 0 aromatic carbocycles. The molecule has 0 radical (unpaired) electrons. The van der Waals surface area contributed by atoms with Gasteiger partial charge in [0.2, 0.25) is 0 Å². The molecule has 4 nitrogen and oxygen atoms in total. The lowest BCUT2D eigenvalue weighted by molar-refractivity contribution is -1.01. The second-order valence-electron chi connectivity index (χ2n) is 2.86. The fraction of sp³-hybridized carbons (Fsp3) is 1.00. The van der Waals surface area contributed by atoms with Crippen LogP contribution in [0.25, 0.3) is 0 Å². The van der Waals surface area contributed by atoms with Gasteiger partial charge in [0.1, 0.15) is 0 Å². The Hall–Kier alpha value is 0.130. The van der Waals surface area contributed by atoms with Gasteiger partial charge in [-0.15, -0.1) is 0 Å². The molecule has 0 atom stereocenters. The fourth-order valence-electron chi connectivity index (χ4n) is 1.13. The Morgan fingerprint density at radius 1 is 0.857 bits per heavy atom. The van der Waals surface area contributed by atoms with E-state index in [1.807, 2.05) is 34.9 Å². The molecule has 0 saturated heterocycles. The lowest BCUT2D eigenvalue weighted by Gasteiger charge is -2.32. The molecule has 1 N–H and O–H groups in total. The Morgan fingerprint density at radius 2 is 1.14 bits per heavy atom. The van der Waals surface area contributed by atoms with Crippen LogP contribution in [0.2, 0.25) is 0 Å². The molecule has 0 bridgehead atoms. The minimum atomic E-state index is -0.932. The molecule has 0 aliphatic carbocycles. The molecule has 0 aliphatic heterocycles. The molecule has 0 spiro atoms. The highest BCUT2D eigenvalue weighted by molar-refractivity contribution is 4.36. The van der Waals surface area contributed by atoms with Crippen molar-refractivity contribution in [1.82, 2.24) is 0 Å². The van der Waals surface area contributed by atoms with Gasteiger partial charge >= 0.3 is 6.10 Å². The SMILES string of the molecule is CCOC(OCC)(OCC)[NH+](C)C.[Cl-]. The predicted molar refractivity (Wildman–Crippen MR) is 50.4 cm³/mol. The highest BCUT2D eigenvalue weighted by atomic mass is 35.5. The van der Waals surface area contributed by atoms with Crippen LogP contribution in [-0.2, 0) is 14.2 Å². The Kier molecular flexibility index (Phi) is 9.98. The summed E-state index contributed by atoms with van der Waals surface area (Å²) in [6, 6.07) is 0. The average Bonchev–Trinajstić information content (AvgIpc) is 2.05. The van der Waals surface area contributed by atoms with Crippen LogP contribution in [-0.4, -0.2) is 40.0 Å². The van der Waals surface area contributed by atoms with E-state index >= 15 is 0 Å². The molecule has 0 rings (SSSR count). The summed E-state index contributed by atoms with van der Waals surface area (Å²) in [6.07, 6.45) is -0.932. The average molecular weight is 228 g/mol. The maximum absolute atomic E-state index is 5.49. The lowest BCUT2D eigenvalue weighted by Crippen LogP contribution is -3.16. The largest absolute Gasteiger partial charge is 1.00 e. The van der Waals surface area contributed by atoms with Crippen molar-refractivity contribution in [2.45, 2.75) is 26.9 Å². The van der Waals surface area contributed by atoms with Gasteiger partial charge in [-0.25, -0.2) is 0 Å². The van der Waals surface area contributed by atoms with Gasteiger partial charge in [0.15, 0.2) is 0 Å². The second kappa shape index (κ2) is 8.44. The van der Waals surface area contributed by atoms with E-state index in [0.717, 1.165) is 4.90 Å². The molecule has 0 aromatic rings. The van der Waals surface area contributed by atoms with E-state index in [1.165, 1.54) is 0 Å². The van der Waals surface area contributed by atoms with Crippen LogP contribution in [0.1, 0.15) is 20.8 Å². The van der Waals surface area contributed by atoms with Crippen LogP contribution >= 0.6 is 0 Å². The third-order valence-electron chi connectivity index (χ3n) is 1.62. The molecule has 88 valence electrons. The van der Waals surface area contributed by atoms with Gasteiger partial charge in [-0.05, 0) is 20.8 Å². The third kappa shape index (κ3) is 4.57. The summed E-state index contributed by atoms with van der Waals surface area (Å²) in [5.41, 5.74) is 0. The summed E-state index contributed by atoms with van der Waals surface area (Å²) in [7, 11) is 3.89. The minimum Gasteiger partial charge on any atom is -1.00 e. The van der Waals surface area contributed by atoms with Gasteiger partial charge in [-0.2, -0.15) is 0 Å². The van der Waals surface area contributed by atoms with E-state index in [2.05, 4.69) is 0 Å². The fourth-order valence-corrected chi connectivity index (χ4v) is 1.13. The number of hydrogen-bond donors (Lipinski definition) is 1. The second-order valence-corrected chi connectivity index (χ2v) is 2.86. The monoisotopic (exact) mass is 227 g/mol. The number of nitrogens with one attached hydrogen (secondary N) is 1. The zero-order valence-electron chi connectivity index (χ0n) is 9.72. The first-order valence-electron chi connectivity index (χ1n) is 4.85. The van der Waals surface area contributed by atoms with Crippen LogP contribution in [0.5, 0.6) is 0 Å². The molecule has 0 unspecified atom stereocenters. The van der Waals surface area contributed by atoms with Crippen LogP contribution in [0, 0.1) is 0 Å². The molecule has 0 aliphatic rings. The van der Waals surface area contributed by atoms with Gasteiger partial charge in [-0.3, -0.25) is 19.1 Å². The molecule has 14 heavy (non-hydrogen) atoms. The molecule has 0 aromatic heterocycles. The maximum Gasteiger partial charge on any atom is 0.447 e. The van der Waals surface area contributed by atoms with Gasteiger partial charge in [0.05, 0.1) is 33.9 Å². The van der Waals surface area contributed by atoms with Gasteiger partial charge in [-0.1, -0.05) is 0 Å². The Morgan fingerprint density at radius 3 is 1.29 bits per heavy atom. The van der Waals surface area contributed by atoms with Crippen molar-refractivity contribution in [2.24, 2.45) is 0 Å². The Balaban J connectivity index is 0. The highest BCUT2D eigenvalue weighted by Gasteiger charge is 2.40. The zero-order chi connectivity index (χ0) is 10.3. The van der Waals surface area contributed by atoms with E-state index in [4.69, 9.17) is 14.2 Å². The number of halogens is 1. The normalized spacial score (nSPS) is 11.6. The number of rotatable bonds is 7. The van der Waals surface area contributed by atoms with Gasteiger partial charge in [0.25, 0.3) is 0 Å². The lowest BCUT2D eigenvalue weighted by atomic mass is 10.7. The molecular formula is C9H22ClNO3. The van der Waals surface area contributed by atoms with Crippen molar-refractivity contribution in [3.63, 3.8) is 0 Å². The van der Waals surface area contributed by atoms with Crippen LogP contribution in [0.4, 0.5) is 0 Å². The summed E-state index contributed by atoms with van der Waals surface area (Å²) in [5, 5.41) is 0. The third-order valence-corrected chi connectivity index (χ3v) is 1.62. The van der Waals surface area contributed by atoms with Crippen LogP contribution < -0.4 is 17.3 Å². The minimum absolute atomic E-state index is 0. The number of hydrogen-bond acceptors (Lipinski definition) is 3. The van der Waals surface area contributed by atoms with Crippen molar-refractivity contribution in [1.29, 1.82) is 0 Å². The topological polar surface area (TPSA) is 32.1 Å². The van der Waals surface area contributed by atoms with Crippen molar-refractivity contribution >= 4 is 0 Å². The zero-order valence-corrected chi connectivity index (χ0v) is 10.5. The maximum atomic E-state index is 5.49. The summed E-state index contributed by atoms with van der Waals surface area (Å²) in [5.74, 6) is 0. The molecule has 0 amide bonds. The quantitative estimate of drug-likeness (QED) is 0.467. The summed E-state index contributed by atoms with van der Waals surface area (Å²) >= 11 is 0. The van der Waals surface area contributed by atoms with Crippen molar-refractivity contribution in [3.05, 3.63) is 0 Å². The highest BCUT2D eigenvalue weighted by Crippen LogP contribution is 2.06. The number of ether oxygens (including phenoxy) is 3.